The van der Waals surface area contributed by atoms with Gasteiger partial charge in [-0.15, -0.1) is 9.24 Å². The Morgan fingerprint density at radius 3 is 2.92 bits per heavy atom. The summed E-state index contributed by atoms with van der Waals surface area (Å²) in [5, 5.41) is 1.13. The highest BCUT2D eigenvalue weighted by molar-refractivity contribution is 7.27. The molecule has 0 aliphatic carbocycles. The van der Waals surface area contributed by atoms with E-state index in [9.17, 15) is 4.79 Å². The van der Waals surface area contributed by atoms with Crippen molar-refractivity contribution in [2.45, 2.75) is 6.54 Å². The van der Waals surface area contributed by atoms with Crippen molar-refractivity contribution in [3.8, 4) is 0 Å². The van der Waals surface area contributed by atoms with Crippen LogP contribution in [0.1, 0.15) is 15.9 Å². The van der Waals surface area contributed by atoms with Gasteiger partial charge in [-0.3, -0.25) is 4.79 Å². The van der Waals surface area contributed by atoms with E-state index in [1.54, 1.807) is 4.90 Å². The van der Waals surface area contributed by atoms with Gasteiger partial charge in [0.1, 0.15) is 0 Å². The average Bonchev–Trinajstić information content (AvgIpc) is 2.32. The molecule has 0 radical (unpaired) electrons. The Labute approximate surface area is 73.8 Å². The molecule has 1 atom stereocenters. The molecule has 0 bridgehead atoms. The number of fused-ring (bicyclic) bond motifs is 1. The highest BCUT2D eigenvalue weighted by Gasteiger charge is 2.24. The molecule has 2 rings (SSSR count). The predicted octanol–water partition coefficient (Wildman–Crippen LogP) is 0.773. The van der Waals surface area contributed by atoms with E-state index in [-0.39, 0.29) is 5.91 Å². The SMILES string of the molecule is CN1Cc2c(P)cccc2C1=O. The van der Waals surface area contributed by atoms with E-state index in [2.05, 4.69) is 9.24 Å². The smallest absolute Gasteiger partial charge is 0.254 e. The average molecular weight is 179 g/mol. The van der Waals surface area contributed by atoms with Crippen molar-refractivity contribution < 1.29 is 4.79 Å². The van der Waals surface area contributed by atoms with Crippen molar-refractivity contribution >= 4 is 20.5 Å². The van der Waals surface area contributed by atoms with Crippen LogP contribution in [0.15, 0.2) is 18.2 Å². The predicted molar refractivity (Wildman–Crippen MR) is 51.6 cm³/mol. The zero-order valence-corrected chi connectivity index (χ0v) is 8.03. The Balaban J connectivity index is 2.61. The molecule has 1 aromatic rings. The summed E-state index contributed by atoms with van der Waals surface area (Å²) < 4.78 is 0. The number of hydrogen-bond donors (Lipinski definition) is 0. The molecule has 2 nitrogen and oxygen atoms in total. The molecule has 62 valence electrons. The van der Waals surface area contributed by atoms with Crippen molar-refractivity contribution in [3.05, 3.63) is 29.3 Å². The largest absolute Gasteiger partial charge is 0.337 e. The molecule has 0 spiro atoms. The zero-order valence-electron chi connectivity index (χ0n) is 6.87. The number of rotatable bonds is 0. The Bertz CT molecular complexity index is 348. The van der Waals surface area contributed by atoms with Crippen molar-refractivity contribution in [2.75, 3.05) is 7.05 Å². The lowest BCUT2D eigenvalue weighted by Gasteiger charge is -2.04. The first kappa shape index (κ1) is 7.75. The minimum atomic E-state index is 0.134. The fourth-order valence-corrected chi connectivity index (χ4v) is 1.85. The lowest BCUT2D eigenvalue weighted by atomic mass is 10.1. The lowest BCUT2D eigenvalue weighted by Crippen LogP contribution is -2.17. The normalized spacial score (nSPS) is 15.2. The number of carbonyl (C=O) groups is 1. The van der Waals surface area contributed by atoms with Gasteiger partial charge in [0.05, 0.1) is 0 Å². The van der Waals surface area contributed by atoms with Gasteiger partial charge in [-0.2, -0.15) is 0 Å². The first-order valence-corrected chi connectivity index (χ1v) is 4.40. The monoisotopic (exact) mass is 179 g/mol. The van der Waals surface area contributed by atoms with E-state index in [0.29, 0.717) is 0 Å². The summed E-state index contributed by atoms with van der Waals surface area (Å²) in [7, 11) is 4.48. The van der Waals surface area contributed by atoms with Crippen molar-refractivity contribution in [1.82, 2.24) is 4.90 Å². The first-order chi connectivity index (χ1) is 5.70. The summed E-state index contributed by atoms with van der Waals surface area (Å²) >= 11 is 0. The fraction of sp³-hybridized carbons (Fsp3) is 0.222. The summed E-state index contributed by atoms with van der Waals surface area (Å²) in [6.07, 6.45) is 0. The van der Waals surface area contributed by atoms with Gasteiger partial charge in [0, 0.05) is 19.2 Å². The third-order valence-corrected chi connectivity index (χ3v) is 2.73. The summed E-state index contributed by atoms with van der Waals surface area (Å²) in [5.74, 6) is 0.134. The Morgan fingerprint density at radius 1 is 1.50 bits per heavy atom. The van der Waals surface area contributed by atoms with E-state index < -0.39 is 0 Å². The van der Waals surface area contributed by atoms with E-state index in [1.807, 2.05) is 25.2 Å². The summed E-state index contributed by atoms with van der Waals surface area (Å²) in [4.78, 5) is 13.2. The maximum atomic E-state index is 11.5. The van der Waals surface area contributed by atoms with Gasteiger partial charge in [-0.1, -0.05) is 12.1 Å². The van der Waals surface area contributed by atoms with Crippen LogP contribution in [0.3, 0.4) is 0 Å². The van der Waals surface area contributed by atoms with Crippen LogP contribution in [0, 0.1) is 0 Å². The second-order valence-electron chi connectivity index (χ2n) is 3.03. The Morgan fingerprint density at radius 2 is 2.25 bits per heavy atom. The van der Waals surface area contributed by atoms with Gasteiger partial charge in [0.2, 0.25) is 0 Å². The second-order valence-corrected chi connectivity index (χ2v) is 3.66. The molecule has 0 aromatic heterocycles. The van der Waals surface area contributed by atoms with Crippen LogP contribution < -0.4 is 5.30 Å². The van der Waals surface area contributed by atoms with Gasteiger partial charge in [-0.25, -0.2) is 0 Å². The van der Waals surface area contributed by atoms with E-state index in [4.69, 9.17) is 0 Å². The summed E-state index contributed by atoms with van der Waals surface area (Å²) in [6, 6.07) is 5.81. The maximum absolute atomic E-state index is 11.5. The number of benzene rings is 1. The molecule has 12 heavy (non-hydrogen) atoms. The summed E-state index contributed by atoms with van der Waals surface area (Å²) in [5.41, 5.74) is 2.00. The van der Waals surface area contributed by atoms with Crippen molar-refractivity contribution in [2.24, 2.45) is 0 Å². The van der Waals surface area contributed by atoms with Crippen LogP contribution in [-0.2, 0) is 6.54 Å². The molecule has 0 saturated heterocycles. The molecular formula is C9H10NOP. The van der Waals surface area contributed by atoms with Crippen LogP contribution in [-0.4, -0.2) is 17.9 Å². The molecule has 0 N–H and O–H groups in total. The standard InChI is InChI=1S/C9H10NOP/c1-10-5-7-6(9(10)11)3-2-4-8(7)12/h2-4H,5,12H2,1H3. The number of carbonyl (C=O) groups excluding carboxylic acids is 1. The molecule has 1 heterocycles. The van der Waals surface area contributed by atoms with Gasteiger partial charge in [-0.05, 0) is 16.9 Å². The fourth-order valence-electron chi connectivity index (χ4n) is 1.50. The topological polar surface area (TPSA) is 20.3 Å². The minimum Gasteiger partial charge on any atom is -0.337 e. The molecule has 0 saturated carbocycles. The summed E-state index contributed by atoms with van der Waals surface area (Å²) in [6.45, 7) is 0.744. The molecule has 1 amide bonds. The quantitative estimate of drug-likeness (QED) is 0.539. The van der Waals surface area contributed by atoms with E-state index >= 15 is 0 Å². The first-order valence-electron chi connectivity index (χ1n) is 3.83. The van der Waals surface area contributed by atoms with Gasteiger partial charge >= 0.3 is 0 Å². The maximum Gasteiger partial charge on any atom is 0.254 e. The van der Waals surface area contributed by atoms with Crippen LogP contribution >= 0.6 is 9.24 Å². The van der Waals surface area contributed by atoms with Crippen molar-refractivity contribution in [1.29, 1.82) is 0 Å². The molecule has 1 unspecified atom stereocenters. The minimum absolute atomic E-state index is 0.134. The van der Waals surface area contributed by atoms with Crippen LogP contribution in [0.4, 0.5) is 0 Å². The highest BCUT2D eigenvalue weighted by atomic mass is 31.0. The van der Waals surface area contributed by atoms with Gasteiger partial charge < -0.3 is 4.90 Å². The third kappa shape index (κ3) is 0.953. The molecule has 1 aliphatic heterocycles. The molecule has 0 fully saturated rings. The van der Waals surface area contributed by atoms with Gasteiger partial charge in [0.25, 0.3) is 5.91 Å². The zero-order chi connectivity index (χ0) is 8.72. The molecule has 3 heteroatoms. The highest BCUT2D eigenvalue weighted by Crippen LogP contribution is 2.20. The van der Waals surface area contributed by atoms with E-state index in [0.717, 1.165) is 23.0 Å². The molecule has 1 aromatic carbocycles. The number of nitrogens with zero attached hydrogens (tertiary/aromatic N) is 1. The van der Waals surface area contributed by atoms with Crippen LogP contribution in [0.2, 0.25) is 0 Å². The second kappa shape index (κ2) is 2.56. The van der Waals surface area contributed by atoms with Crippen LogP contribution in [0.25, 0.3) is 0 Å². The van der Waals surface area contributed by atoms with Gasteiger partial charge in [0.15, 0.2) is 0 Å². The van der Waals surface area contributed by atoms with E-state index in [1.165, 1.54) is 0 Å². The molecule has 1 aliphatic rings. The Hall–Kier alpha value is -0.880. The molecular weight excluding hydrogens is 169 g/mol. The third-order valence-electron chi connectivity index (χ3n) is 2.18. The number of hydrogen-bond acceptors (Lipinski definition) is 1. The number of amides is 1. The Kier molecular flexibility index (Phi) is 1.66. The van der Waals surface area contributed by atoms with Crippen molar-refractivity contribution in [3.63, 3.8) is 0 Å². The lowest BCUT2D eigenvalue weighted by molar-refractivity contribution is 0.0816. The van der Waals surface area contributed by atoms with Crippen LogP contribution in [0.5, 0.6) is 0 Å².